The summed E-state index contributed by atoms with van der Waals surface area (Å²) in [5.41, 5.74) is 3.03. The normalized spacial score (nSPS) is 23.0. The van der Waals surface area contributed by atoms with Crippen LogP contribution >= 0.6 is 0 Å². The second kappa shape index (κ2) is 11.2. The fourth-order valence-corrected chi connectivity index (χ4v) is 4.65. The van der Waals surface area contributed by atoms with E-state index >= 15 is 0 Å². The van der Waals surface area contributed by atoms with Crippen molar-refractivity contribution < 1.29 is 9.50 Å². The third-order valence-corrected chi connectivity index (χ3v) is 6.62. The maximum atomic E-state index is 13.1. The van der Waals surface area contributed by atoms with E-state index in [-0.39, 0.29) is 10.5 Å². The van der Waals surface area contributed by atoms with Gasteiger partial charge in [-0.25, -0.2) is 0 Å². The third kappa shape index (κ3) is 5.47. The number of halogens is 1. The maximum absolute atomic E-state index is 13.1. The monoisotopic (exact) mass is 447 g/mol. The van der Waals surface area contributed by atoms with Crippen LogP contribution in [0.1, 0.15) is 61.9 Å². The van der Waals surface area contributed by atoms with Gasteiger partial charge in [0.15, 0.2) is 5.78 Å². The first-order valence-electron chi connectivity index (χ1n) is 11.8. The van der Waals surface area contributed by atoms with Gasteiger partial charge in [0.2, 0.25) is 0 Å². The van der Waals surface area contributed by atoms with E-state index in [0.717, 1.165) is 43.6 Å². The number of ketones is 1. The van der Waals surface area contributed by atoms with Crippen LogP contribution < -0.4 is 0 Å². The minimum absolute atomic E-state index is 0. The number of likely N-dealkylation sites (tertiary alicyclic amines) is 1. The lowest BCUT2D eigenvalue weighted by atomic mass is 9.80. The molecule has 1 saturated heterocycles. The Kier molecular flexibility index (Phi) is 8.32. The average Bonchev–Trinajstić information content (AvgIpc) is 3.15. The molecule has 5 heteroatoms. The molecule has 4 nitrogen and oxygen atoms in total. The highest BCUT2D eigenvalue weighted by atomic mass is 19.0. The predicted octanol–water partition coefficient (Wildman–Crippen LogP) is 5.81. The zero-order valence-electron chi connectivity index (χ0n) is 19.6. The second-order valence-electron chi connectivity index (χ2n) is 8.80. The summed E-state index contributed by atoms with van der Waals surface area (Å²) in [5, 5.41) is 0. The number of carbonyl (C=O) groups excluding carboxylic acids is 1. The molecule has 1 aliphatic heterocycles. The van der Waals surface area contributed by atoms with E-state index in [9.17, 15) is 4.79 Å². The van der Waals surface area contributed by atoms with E-state index < -0.39 is 5.54 Å². The number of aromatic nitrogens is 1. The van der Waals surface area contributed by atoms with Gasteiger partial charge < -0.3 is 4.90 Å². The van der Waals surface area contributed by atoms with E-state index in [2.05, 4.69) is 66.3 Å². The van der Waals surface area contributed by atoms with Gasteiger partial charge in [0.1, 0.15) is 11.4 Å². The maximum Gasteiger partial charge on any atom is 0.168 e. The molecule has 1 fully saturated rings. The third-order valence-electron chi connectivity index (χ3n) is 6.62. The molecule has 0 saturated carbocycles. The van der Waals surface area contributed by atoms with E-state index in [4.69, 9.17) is 4.99 Å². The van der Waals surface area contributed by atoms with E-state index in [1.165, 1.54) is 11.1 Å². The van der Waals surface area contributed by atoms with Gasteiger partial charge in [-0.2, -0.15) is 0 Å². The van der Waals surface area contributed by atoms with Crippen LogP contribution in [0.5, 0.6) is 0 Å². The van der Waals surface area contributed by atoms with E-state index in [1.807, 2.05) is 30.5 Å². The van der Waals surface area contributed by atoms with E-state index in [1.54, 1.807) is 0 Å². The number of amidine groups is 1. The van der Waals surface area contributed by atoms with Crippen molar-refractivity contribution in [2.45, 2.75) is 63.5 Å². The molecule has 2 aliphatic rings. The van der Waals surface area contributed by atoms with Crippen LogP contribution in [0.3, 0.4) is 0 Å². The average molecular weight is 448 g/mol. The van der Waals surface area contributed by atoms with Crippen molar-refractivity contribution in [2.24, 2.45) is 4.99 Å². The highest BCUT2D eigenvalue weighted by molar-refractivity contribution is 5.97. The number of carbonyl (C=O) groups is 1. The van der Waals surface area contributed by atoms with Gasteiger partial charge in [-0.15, -0.1) is 0 Å². The predicted molar refractivity (Wildman–Crippen MR) is 133 cm³/mol. The fourth-order valence-electron chi connectivity index (χ4n) is 4.65. The summed E-state index contributed by atoms with van der Waals surface area (Å²) in [5.74, 6) is 1.22. The smallest absolute Gasteiger partial charge is 0.168 e. The van der Waals surface area contributed by atoms with Crippen molar-refractivity contribution in [3.63, 3.8) is 0 Å². The molecule has 2 atom stereocenters. The number of rotatable bonds is 9. The molecule has 0 spiro atoms. The Morgan fingerprint density at radius 1 is 1.21 bits per heavy atom. The highest BCUT2D eigenvalue weighted by Gasteiger charge is 2.40. The quantitative estimate of drug-likeness (QED) is 0.456. The number of hydrogen-bond donors (Lipinski definition) is 0. The van der Waals surface area contributed by atoms with Crippen molar-refractivity contribution in [1.82, 2.24) is 9.88 Å². The van der Waals surface area contributed by atoms with Crippen molar-refractivity contribution in [3.8, 4) is 0 Å². The number of benzene rings is 1. The Hall–Kier alpha value is -3.08. The molecule has 0 N–H and O–H groups in total. The SMILES string of the molecule is CCCc1cccnc1C/C=C/CC(=O)C1(N=C2CC[C@H](c3ccccc3)N2C)C=CC1.F. The fraction of sp³-hybridized carbons (Fsp3) is 0.393. The molecule has 2 aromatic rings. The largest absolute Gasteiger partial charge is 0.356 e. The summed E-state index contributed by atoms with van der Waals surface area (Å²) in [6.45, 7) is 2.18. The number of nitrogens with zero attached hydrogens (tertiary/aromatic N) is 3. The standard InChI is InChI=1S/C28H33N3O.FH/c1-3-11-22-14-9-21-29-24(22)15-7-8-16-26(32)28(19-10-20-28)30-27-18-17-25(31(27)2)23-12-5-4-6-13-23;/h4-10,12-14,19,21,25H,3,11,15-18,20H2,1-2H3;1H/b8-7+,30-27?;/t25-,28?;/m1./s1. The zero-order chi connectivity index (χ0) is 22.4. The molecule has 1 unspecified atom stereocenters. The van der Waals surface area contributed by atoms with Crippen LogP contribution in [-0.2, 0) is 17.6 Å². The number of aliphatic imine (C=N–C) groups is 1. The van der Waals surface area contributed by atoms with Crippen molar-refractivity contribution in [3.05, 3.63) is 89.8 Å². The van der Waals surface area contributed by atoms with Gasteiger partial charge in [0.05, 0.1) is 6.04 Å². The summed E-state index contributed by atoms with van der Waals surface area (Å²) >= 11 is 0. The number of pyridine rings is 1. The lowest BCUT2D eigenvalue weighted by Gasteiger charge is -2.32. The van der Waals surface area contributed by atoms with Crippen molar-refractivity contribution in [2.75, 3.05) is 7.05 Å². The number of allylic oxidation sites excluding steroid dienone is 2. The molecule has 1 aromatic carbocycles. The second-order valence-corrected chi connectivity index (χ2v) is 8.80. The molecule has 0 radical (unpaired) electrons. The van der Waals surface area contributed by atoms with Crippen LogP contribution in [-0.4, -0.2) is 34.1 Å². The Morgan fingerprint density at radius 3 is 2.70 bits per heavy atom. The first kappa shape index (κ1) is 24.6. The van der Waals surface area contributed by atoms with Crippen LogP contribution in [0.15, 0.2) is 78.0 Å². The van der Waals surface area contributed by atoms with Crippen molar-refractivity contribution in [1.29, 1.82) is 0 Å². The van der Waals surface area contributed by atoms with Gasteiger partial charge >= 0.3 is 0 Å². The van der Waals surface area contributed by atoms with Crippen LogP contribution in [0.4, 0.5) is 4.70 Å². The van der Waals surface area contributed by atoms with Gasteiger partial charge in [0, 0.05) is 44.6 Å². The van der Waals surface area contributed by atoms with Gasteiger partial charge in [0.25, 0.3) is 0 Å². The summed E-state index contributed by atoms with van der Waals surface area (Å²) in [6, 6.07) is 15.0. The number of Topliss-reactive ketones (excluding diaryl/α,β-unsaturated/α-hetero) is 1. The van der Waals surface area contributed by atoms with Crippen molar-refractivity contribution >= 4 is 11.6 Å². The summed E-state index contributed by atoms with van der Waals surface area (Å²) < 4.78 is 0. The molecule has 1 aromatic heterocycles. The lowest BCUT2D eigenvalue weighted by Crippen LogP contribution is -2.41. The minimum Gasteiger partial charge on any atom is -0.356 e. The molecule has 4 rings (SSSR count). The van der Waals surface area contributed by atoms with E-state index in [0.29, 0.717) is 18.9 Å². The molecule has 2 heterocycles. The minimum atomic E-state index is -0.683. The highest BCUT2D eigenvalue weighted by Crippen LogP contribution is 2.36. The summed E-state index contributed by atoms with van der Waals surface area (Å²) in [4.78, 5) is 24.9. The molecule has 33 heavy (non-hydrogen) atoms. The molecule has 0 bridgehead atoms. The first-order chi connectivity index (χ1) is 15.6. The lowest BCUT2D eigenvalue weighted by molar-refractivity contribution is -0.122. The molecule has 1 aliphatic carbocycles. The Bertz CT molecular complexity index is 1030. The number of hydrogen-bond acceptors (Lipinski definition) is 3. The molecular weight excluding hydrogens is 413 g/mol. The van der Waals surface area contributed by atoms with Gasteiger partial charge in [-0.3, -0.25) is 19.5 Å². The van der Waals surface area contributed by atoms with Crippen LogP contribution in [0, 0.1) is 0 Å². The van der Waals surface area contributed by atoms with Gasteiger partial charge in [-0.05, 0) is 30.0 Å². The molecule has 174 valence electrons. The first-order valence-corrected chi connectivity index (χ1v) is 11.8. The number of aryl methyl sites for hydroxylation is 1. The Morgan fingerprint density at radius 2 is 2.00 bits per heavy atom. The van der Waals surface area contributed by atoms with Crippen LogP contribution in [0.2, 0.25) is 0 Å². The molecular formula is C28H34FN3O. The Balaban J connectivity index is 0.00000306. The zero-order valence-corrected chi connectivity index (χ0v) is 19.6. The Labute approximate surface area is 196 Å². The topological polar surface area (TPSA) is 45.6 Å². The van der Waals surface area contributed by atoms with Crippen LogP contribution in [0.25, 0.3) is 0 Å². The summed E-state index contributed by atoms with van der Waals surface area (Å²) in [7, 11) is 2.10. The summed E-state index contributed by atoms with van der Waals surface area (Å²) in [6.07, 6.45) is 15.9. The van der Waals surface area contributed by atoms with Gasteiger partial charge in [-0.1, -0.05) is 74.0 Å². The molecule has 0 amide bonds.